The van der Waals surface area contributed by atoms with Crippen molar-refractivity contribution in [1.82, 2.24) is 4.90 Å². The molecule has 1 rings (SSSR count). The van der Waals surface area contributed by atoms with Crippen molar-refractivity contribution in [3.8, 4) is 0 Å². The van der Waals surface area contributed by atoms with Gasteiger partial charge in [0.25, 0.3) is 0 Å². The van der Waals surface area contributed by atoms with Crippen LogP contribution in [0.25, 0.3) is 0 Å². The van der Waals surface area contributed by atoms with Gasteiger partial charge in [0.2, 0.25) is 0 Å². The van der Waals surface area contributed by atoms with E-state index >= 15 is 0 Å². The van der Waals surface area contributed by atoms with Gasteiger partial charge in [0.15, 0.2) is 0 Å². The smallest absolute Gasteiger partial charge is 0.122 e. The highest BCUT2D eigenvalue weighted by Crippen LogP contribution is 2.23. The minimum atomic E-state index is -0.0233. The fraction of sp³-hybridized carbons (Fsp3) is 0.692. The van der Waals surface area contributed by atoms with Crippen LogP contribution >= 0.6 is 0 Å². The SMILES string of the molecule is COCCN(CCOC)C(c1ccco1)C(C)N. The number of hydrogen-bond acceptors (Lipinski definition) is 5. The van der Waals surface area contributed by atoms with E-state index in [0.717, 1.165) is 18.8 Å². The zero-order valence-electron chi connectivity index (χ0n) is 11.5. The zero-order valence-corrected chi connectivity index (χ0v) is 11.5. The monoisotopic (exact) mass is 256 g/mol. The molecule has 2 atom stereocenters. The van der Waals surface area contributed by atoms with Gasteiger partial charge < -0.3 is 19.6 Å². The third-order valence-electron chi connectivity index (χ3n) is 2.89. The molecule has 5 nitrogen and oxygen atoms in total. The van der Waals surface area contributed by atoms with Gasteiger partial charge in [-0.25, -0.2) is 0 Å². The van der Waals surface area contributed by atoms with Gasteiger partial charge >= 0.3 is 0 Å². The van der Waals surface area contributed by atoms with Crippen LogP contribution in [0.15, 0.2) is 22.8 Å². The van der Waals surface area contributed by atoms with Gasteiger partial charge in [-0.3, -0.25) is 4.90 Å². The summed E-state index contributed by atoms with van der Waals surface area (Å²) in [5.41, 5.74) is 6.09. The van der Waals surface area contributed by atoms with E-state index in [-0.39, 0.29) is 12.1 Å². The number of nitrogens with zero attached hydrogens (tertiary/aromatic N) is 1. The van der Waals surface area contributed by atoms with Crippen molar-refractivity contribution in [3.05, 3.63) is 24.2 Å². The highest BCUT2D eigenvalue weighted by molar-refractivity contribution is 5.07. The average Bonchev–Trinajstić information content (AvgIpc) is 2.85. The van der Waals surface area contributed by atoms with E-state index in [9.17, 15) is 0 Å². The molecule has 0 amide bonds. The Balaban J connectivity index is 2.76. The highest BCUT2D eigenvalue weighted by Gasteiger charge is 2.25. The number of hydrogen-bond donors (Lipinski definition) is 1. The van der Waals surface area contributed by atoms with Crippen molar-refractivity contribution in [2.45, 2.75) is 19.0 Å². The molecule has 0 saturated heterocycles. The third-order valence-corrected chi connectivity index (χ3v) is 2.89. The molecule has 5 heteroatoms. The largest absolute Gasteiger partial charge is 0.468 e. The first kappa shape index (κ1) is 15.2. The Morgan fingerprint density at radius 2 is 1.89 bits per heavy atom. The molecule has 0 aliphatic heterocycles. The second-order valence-electron chi connectivity index (χ2n) is 4.34. The predicted octanol–water partition coefficient (Wildman–Crippen LogP) is 1.26. The molecule has 1 aromatic heterocycles. The van der Waals surface area contributed by atoms with Crippen LogP contribution in [0.5, 0.6) is 0 Å². The van der Waals surface area contributed by atoms with E-state index in [1.54, 1.807) is 20.5 Å². The van der Waals surface area contributed by atoms with Crippen LogP contribution in [-0.4, -0.2) is 51.5 Å². The molecule has 0 aliphatic rings. The summed E-state index contributed by atoms with van der Waals surface area (Å²) in [6.07, 6.45) is 1.68. The second-order valence-corrected chi connectivity index (χ2v) is 4.34. The molecule has 0 aliphatic carbocycles. The summed E-state index contributed by atoms with van der Waals surface area (Å²) in [4.78, 5) is 2.23. The Bertz CT molecular complexity index is 293. The minimum Gasteiger partial charge on any atom is -0.468 e. The van der Waals surface area contributed by atoms with Crippen LogP contribution in [0.4, 0.5) is 0 Å². The lowest BCUT2D eigenvalue weighted by molar-refractivity contribution is 0.0723. The first-order valence-electron chi connectivity index (χ1n) is 6.21. The van der Waals surface area contributed by atoms with Crippen LogP contribution < -0.4 is 5.73 Å². The van der Waals surface area contributed by atoms with Crippen LogP contribution in [0.3, 0.4) is 0 Å². The van der Waals surface area contributed by atoms with Crippen LogP contribution in [-0.2, 0) is 9.47 Å². The number of rotatable bonds is 9. The Morgan fingerprint density at radius 3 is 2.28 bits per heavy atom. The second kappa shape index (κ2) is 8.26. The average molecular weight is 256 g/mol. The van der Waals surface area contributed by atoms with Crippen molar-refractivity contribution >= 4 is 0 Å². The third kappa shape index (κ3) is 4.42. The standard InChI is InChI=1S/C13H24N2O3/c1-11(14)13(12-5-4-8-18-12)15(6-9-16-2)7-10-17-3/h4-5,8,11,13H,6-7,9-10,14H2,1-3H3. The fourth-order valence-corrected chi connectivity index (χ4v) is 2.04. The highest BCUT2D eigenvalue weighted by atomic mass is 16.5. The normalized spacial score (nSPS) is 14.9. The van der Waals surface area contributed by atoms with E-state index in [1.807, 2.05) is 19.1 Å². The van der Waals surface area contributed by atoms with E-state index in [1.165, 1.54) is 0 Å². The van der Waals surface area contributed by atoms with E-state index in [2.05, 4.69) is 4.90 Å². The van der Waals surface area contributed by atoms with Crippen molar-refractivity contribution in [2.75, 3.05) is 40.5 Å². The Labute approximate surface area is 109 Å². The summed E-state index contributed by atoms with van der Waals surface area (Å²) >= 11 is 0. The zero-order chi connectivity index (χ0) is 13.4. The molecule has 1 aromatic rings. The Morgan fingerprint density at radius 1 is 1.28 bits per heavy atom. The van der Waals surface area contributed by atoms with Gasteiger partial charge in [-0.05, 0) is 19.1 Å². The molecule has 0 fully saturated rings. The minimum absolute atomic E-state index is 0.0233. The molecular weight excluding hydrogens is 232 g/mol. The van der Waals surface area contributed by atoms with E-state index < -0.39 is 0 Å². The summed E-state index contributed by atoms with van der Waals surface area (Å²) < 4.78 is 15.8. The molecule has 0 saturated carbocycles. The molecular formula is C13H24N2O3. The maximum Gasteiger partial charge on any atom is 0.122 e. The fourth-order valence-electron chi connectivity index (χ4n) is 2.04. The van der Waals surface area contributed by atoms with Crippen molar-refractivity contribution in [2.24, 2.45) is 5.73 Å². The van der Waals surface area contributed by atoms with Crippen LogP contribution in [0, 0.1) is 0 Å². The molecule has 0 spiro atoms. The summed E-state index contributed by atoms with van der Waals surface area (Å²) in [6.45, 7) is 4.90. The van der Waals surface area contributed by atoms with Gasteiger partial charge in [-0.1, -0.05) is 0 Å². The Hall–Kier alpha value is -0.880. The van der Waals surface area contributed by atoms with Crippen LogP contribution in [0.1, 0.15) is 18.7 Å². The number of furan rings is 1. The number of methoxy groups -OCH3 is 2. The van der Waals surface area contributed by atoms with Gasteiger partial charge in [0.1, 0.15) is 5.76 Å². The molecule has 0 bridgehead atoms. The maximum atomic E-state index is 6.09. The molecule has 0 radical (unpaired) electrons. The summed E-state index contributed by atoms with van der Waals surface area (Å²) in [5.74, 6) is 0.886. The lowest BCUT2D eigenvalue weighted by Crippen LogP contribution is -2.42. The van der Waals surface area contributed by atoms with E-state index in [4.69, 9.17) is 19.6 Å². The number of ether oxygens (including phenoxy) is 2. The molecule has 18 heavy (non-hydrogen) atoms. The van der Waals surface area contributed by atoms with Gasteiger partial charge in [0, 0.05) is 33.4 Å². The van der Waals surface area contributed by atoms with Gasteiger partial charge in [-0.2, -0.15) is 0 Å². The lowest BCUT2D eigenvalue weighted by atomic mass is 10.1. The molecule has 1 heterocycles. The quantitative estimate of drug-likeness (QED) is 0.721. The molecule has 0 aromatic carbocycles. The lowest BCUT2D eigenvalue weighted by Gasteiger charge is -2.32. The van der Waals surface area contributed by atoms with Crippen LogP contribution in [0.2, 0.25) is 0 Å². The van der Waals surface area contributed by atoms with Crippen molar-refractivity contribution < 1.29 is 13.9 Å². The number of nitrogens with two attached hydrogens (primary N) is 1. The summed E-state index contributed by atoms with van der Waals surface area (Å²) in [7, 11) is 3.39. The summed E-state index contributed by atoms with van der Waals surface area (Å²) in [6, 6.07) is 3.87. The summed E-state index contributed by atoms with van der Waals surface area (Å²) in [5, 5.41) is 0. The Kier molecular flexibility index (Phi) is 6.97. The first-order valence-corrected chi connectivity index (χ1v) is 6.21. The van der Waals surface area contributed by atoms with Crippen molar-refractivity contribution in [3.63, 3.8) is 0 Å². The van der Waals surface area contributed by atoms with Gasteiger partial charge in [-0.15, -0.1) is 0 Å². The topological polar surface area (TPSA) is 60.9 Å². The maximum absolute atomic E-state index is 6.09. The van der Waals surface area contributed by atoms with Crippen molar-refractivity contribution in [1.29, 1.82) is 0 Å². The first-order chi connectivity index (χ1) is 8.70. The van der Waals surface area contributed by atoms with E-state index in [0.29, 0.717) is 13.2 Å². The predicted molar refractivity (Wildman–Crippen MR) is 70.4 cm³/mol. The molecule has 104 valence electrons. The molecule has 2 N–H and O–H groups in total. The molecule has 2 unspecified atom stereocenters. The van der Waals surface area contributed by atoms with Gasteiger partial charge in [0.05, 0.1) is 25.5 Å².